The third-order valence-electron chi connectivity index (χ3n) is 1.91. The first-order chi connectivity index (χ1) is 7.65. The minimum atomic E-state index is -1.97. The molecule has 0 amide bonds. The average molecular weight is 220 g/mol. The van der Waals surface area contributed by atoms with E-state index in [0.717, 1.165) is 11.1 Å². The zero-order valence-electron chi connectivity index (χ0n) is 8.49. The SMILES string of the molecule is Cc1ccc(-c2nnc(OB(O)O)o2)cc1. The number of aromatic nitrogens is 2. The first kappa shape index (κ1) is 10.7. The van der Waals surface area contributed by atoms with Crippen molar-refractivity contribution >= 4 is 7.32 Å². The van der Waals surface area contributed by atoms with Crippen LogP contribution in [0, 0.1) is 6.92 Å². The molecule has 0 aliphatic carbocycles. The van der Waals surface area contributed by atoms with Gasteiger partial charge in [0.25, 0.3) is 5.89 Å². The fourth-order valence-corrected chi connectivity index (χ4v) is 1.16. The number of hydrogen-bond donors (Lipinski definition) is 2. The molecular weight excluding hydrogens is 211 g/mol. The molecule has 0 aliphatic heterocycles. The first-order valence-electron chi connectivity index (χ1n) is 4.58. The number of nitrogens with zero attached hydrogens (tertiary/aromatic N) is 2. The quantitative estimate of drug-likeness (QED) is 0.727. The molecule has 0 unspecified atom stereocenters. The van der Waals surface area contributed by atoms with Gasteiger partial charge in [-0.15, -0.1) is 5.10 Å². The maximum absolute atomic E-state index is 8.53. The van der Waals surface area contributed by atoms with Crippen LogP contribution in [0.15, 0.2) is 28.7 Å². The van der Waals surface area contributed by atoms with E-state index in [9.17, 15) is 0 Å². The summed E-state index contributed by atoms with van der Waals surface area (Å²) in [5.74, 6) is 0.260. The van der Waals surface area contributed by atoms with Crippen LogP contribution in [0.2, 0.25) is 0 Å². The van der Waals surface area contributed by atoms with Gasteiger partial charge in [-0.3, -0.25) is 0 Å². The van der Waals surface area contributed by atoms with E-state index < -0.39 is 7.32 Å². The molecule has 2 rings (SSSR count). The number of hydrogen-bond acceptors (Lipinski definition) is 6. The predicted molar refractivity (Wildman–Crippen MR) is 55.3 cm³/mol. The third-order valence-corrected chi connectivity index (χ3v) is 1.91. The van der Waals surface area contributed by atoms with Crippen LogP contribution in [0.1, 0.15) is 5.56 Å². The lowest BCUT2D eigenvalue weighted by Gasteiger charge is -1.96. The van der Waals surface area contributed by atoms with Crippen LogP contribution in [0.5, 0.6) is 6.08 Å². The third kappa shape index (κ3) is 2.39. The summed E-state index contributed by atoms with van der Waals surface area (Å²) in [6, 6.07) is 7.45. The molecule has 0 saturated heterocycles. The molecule has 16 heavy (non-hydrogen) atoms. The lowest BCUT2D eigenvalue weighted by atomic mass is 10.1. The Kier molecular flexibility index (Phi) is 2.89. The van der Waals surface area contributed by atoms with Crippen molar-refractivity contribution < 1.29 is 19.1 Å². The van der Waals surface area contributed by atoms with Gasteiger partial charge in [-0.2, -0.15) is 0 Å². The van der Waals surface area contributed by atoms with Crippen molar-refractivity contribution in [3.8, 4) is 17.5 Å². The van der Waals surface area contributed by atoms with Crippen molar-refractivity contribution in [2.75, 3.05) is 0 Å². The highest BCUT2D eigenvalue weighted by Gasteiger charge is 2.17. The summed E-state index contributed by atoms with van der Waals surface area (Å²) >= 11 is 0. The Morgan fingerprint density at radius 1 is 1.19 bits per heavy atom. The summed E-state index contributed by atoms with van der Waals surface area (Å²) in [7, 11) is -1.97. The molecule has 0 atom stereocenters. The topological polar surface area (TPSA) is 88.6 Å². The van der Waals surface area contributed by atoms with Gasteiger partial charge in [0.05, 0.1) is 0 Å². The Hall–Kier alpha value is -1.86. The smallest absolute Gasteiger partial charge is 0.468 e. The minimum absolute atomic E-state index is 0.260. The van der Waals surface area contributed by atoms with Crippen molar-refractivity contribution in [2.45, 2.75) is 6.92 Å². The van der Waals surface area contributed by atoms with Gasteiger partial charge >= 0.3 is 13.4 Å². The molecule has 6 nitrogen and oxygen atoms in total. The fraction of sp³-hybridized carbons (Fsp3) is 0.111. The molecule has 7 heteroatoms. The second-order valence-corrected chi connectivity index (χ2v) is 3.18. The summed E-state index contributed by atoms with van der Waals surface area (Å²) in [6.45, 7) is 1.97. The number of benzene rings is 1. The van der Waals surface area contributed by atoms with Crippen molar-refractivity contribution in [1.82, 2.24) is 10.2 Å². The molecule has 0 saturated carbocycles. The van der Waals surface area contributed by atoms with E-state index in [0.29, 0.717) is 0 Å². The van der Waals surface area contributed by atoms with Crippen LogP contribution in [0.3, 0.4) is 0 Å². The zero-order chi connectivity index (χ0) is 11.5. The van der Waals surface area contributed by atoms with Gasteiger partial charge in [0.2, 0.25) is 0 Å². The van der Waals surface area contributed by atoms with Crippen LogP contribution >= 0.6 is 0 Å². The highest BCUT2D eigenvalue weighted by Crippen LogP contribution is 2.21. The highest BCUT2D eigenvalue weighted by atomic mass is 16.7. The van der Waals surface area contributed by atoms with E-state index in [4.69, 9.17) is 14.5 Å². The van der Waals surface area contributed by atoms with Crippen LogP contribution in [0.4, 0.5) is 0 Å². The normalized spacial score (nSPS) is 10.2. The molecule has 2 N–H and O–H groups in total. The maximum Gasteiger partial charge on any atom is 0.710 e. The van der Waals surface area contributed by atoms with E-state index in [1.807, 2.05) is 31.2 Å². The number of aryl methyl sites for hydroxylation is 1. The van der Waals surface area contributed by atoms with Gasteiger partial charge < -0.3 is 19.1 Å². The van der Waals surface area contributed by atoms with E-state index in [2.05, 4.69) is 14.9 Å². The standard InChI is InChI=1S/C9H9BN2O4/c1-6-2-4-7(5-3-6)8-11-12-9(15-8)16-10(13)14/h2-5,13-14H,1H3. The molecule has 2 aromatic rings. The minimum Gasteiger partial charge on any atom is -0.468 e. The van der Waals surface area contributed by atoms with Crippen LogP contribution in [-0.4, -0.2) is 27.6 Å². The molecule has 0 aliphatic rings. The molecule has 1 heterocycles. The molecular formula is C9H9BN2O4. The Morgan fingerprint density at radius 2 is 1.88 bits per heavy atom. The molecule has 1 aromatic heterocycles. The molecule has 0 fully saturated rings. The van der Waals surface area contributed by atoms with Crippen LogP contribution in [0.25, 0.3) is 11.5 Å². The van der Waals surface area contributed by atoms with Gasteiger partial charge in [0.1, 0.15) is 0 Å². The van der Waals surface area contributed by atoms with Gasteiger partial charge in [-0.05, 0) is 19.1 Å². The van der Waals surface area contributed by atoms with Crippen molar-refractivity contribution in [3.05, 3.63) is 29.8 Å². The number of rotatable bonds is 3. The van der Waals surface area contributed by atoms with E-state index in [-0.39, 0.29) is 12.0 Å². The Morgan fingerprint density at radius 3 is 2.50 bits per heavy atom. The molecule has 0 bridgehead atoms. The fourth-order valence-electron chi connectivity index (χ4n) is 1.16. The molecule has 0 radical (unpaired) electrons. The van der Waals surface area contributed by atoms with Crippen LogP contribution in [-0.2, 0) is 0 Å². The summed E-state index contributed by atoms with van der Waals surface area (Å²) in [6.07, 6.45) is -0.287. The Bertz CT molecular complexity index is 469. The van der Waals surface area contributed by atoms with Gasteiger partial charge in [0, 0.05) is 5.56 Å². The highest BCUT2D eigenvalue weighted by molar-refractivity contribution is 6.33. The molecule has 1 aromatic carbocycles. The van der Waals surface area contributed by atoms with E-state index in [1.54, 1.807) is 0 Å². The van der Waals surface area contributed by atoms with Crippen molar-refractivity contribution in [3.63, 3.8) is 0 Å². The van der Waals surface area contributed by atoms with Crippen molar-refractivity contribution in [1.29, 1.82) is 0 Å². The summed E-state index contributed by atoms with van der Waals surface area (Å²) in [5.41, 5.74) is 1.85. The monoisotopic (exact) mass is 220 g/mol. The largest absolute Gasteiger partial charge is 0.710 e. The lowest BCUT2D eigenvalue weighted by molar-refractivity contribution is 0.247. The summed E-state index contributed by atoms with van der Waals surface area (Å²) in [4.78, 5) is 0. The van der Waals surface area contributed by atoms with Gasteiger partial charge in [-0.25, -0.2) is 0 Å². The molecule has 82 valence electrons. The lowest BCUT2D eigenvalue weighted by Crippen LogP contribution is -2.20. The second-order valence-electron chi connectivity index (χ2n) is 3.18. The average Bonchev–Trinajstić information content (AvgIpc) is 2.66. The Labute approximate surface area is 91.7 Å². The molecule has 0 spiro atoms. The zero-order valence-corrected chi connectivity index (χ0v) is 8.49. The maximum atomic E-state index is 8.53. The predicted octanol–water partition coefficient (Wildman–Crippen LogP) is 0.393. The van der Waals surface area contributed by atoms with E-state index in [1.165, 1.54) is 0 Å². The Balaban J connectivity index is 2.21. The summed E-state index contributed by atoms with van der Waals surface area (Å²) in [5, 5.41) is 24.3. The summed E-state index contributed by atoms with van der Waals surface area (Å²) < 4.78 is 9.47. The van der Waals surface area contributed by atoms with Crippen molar-refractivity contribution in [2.24, 2.45) is 0 Å². The van der Waals surface area contributed by atoms with Gasteiger partial charge in [0.15, 0.2) is 0 Å². The second kappa shape index (κ2) is 4.34. The van der Waals surface area contributed by atoms with Gasteiger partial charge in [-0.1, -0.05) is 22.8 Å². The van der Waals surface area contributed by atoms with Crippen LogP contribution < -0.4 is 4.65 Å². The first-order valence-corrected chi connectivity index (χ1v) is 4.58. The van der Waals surface area contributed by atoms with E-state index >= 15 is 0 Å².